The Labute approximate surface area is 71.0 Å². The van der Waals surface area contributed by atoms with Crippen LogP contribution in [0.1, 0.15) is 40.0 Å². The minimum Gasteiger partial charge on any atom is -0.0914 e. The van der Waals surface area contributed by atoms with Crippen LogP contribution in [0, 0.1) is 5.92 Å². The molecule has 64 valence electrons. The van der Waals surface area contributed by atoms with E-state index in [2.05, 4.69) is 45.1 Å². The van der Waals surface area contributed by atoms with Crippen molar-refractivity contribution in [1.29, 1.82) is 0 Å². The summed E-state index contributed by atoms with van der Waals surface area (Å²) < 4.78 is 0. The van der Waals surface area contributed by atoms with Crippen LogP contribution in [-0.2, 0) is 0 Å². The monoisotopic (exact) mass is 152 g/mol. The molecule has 0 aromatic heterocycles. The lowest BCUT2D eigenvalue weighted by molar-refractivity contribution is 0.740. The van der Waals surface area contributed by atoms with Gasteiger partial charge < -0.3 is 0 Å². The van der Waals surface area contributed by atoms with Crippen molar-refractivity contribution in [3.63, 3.8) is 0 Å². The highest BCUT2D eigenvalue weighted by Crippen LogP contribution is 2.04. The van der Waals surface area contributed by atoms with Gasteiger partial charge in [0.2, 0.25) is 0 Å². The number of unbranched alkanes of at least 4 members (excludes halogenated alkanes) is 1. The van der Waals surface area contributed by atoms with E-state index in [1.54, 1.807) is 0 Å². The Morgan fingerprint density at radius 3 is 2.55 bits per heavy atom. The summed E-state index contributed by atoms with van der Waals surface area (Å²) >= 11 is 0. The van der Waals surface area contributed by atoms with Crippen molar-refractivity contribution in [1.82, 2.24) is 0 Å². The highest BCUT2D eigenvalue weighted by Gasteiger charge is 1.89. The molecule has 0 aromatic carbocycles. The molecule has 0 nitrogen and oxygen atoms in total. The van der Waals surface area contributed by atoms with Gasteiger partial charge in [-0.25, -0.2) is 0 Å². The van der Waals surface area contributed by atoms with Crippen LogP contribution in [0.2, 0.25) is 0 Å². The maximum Gasteiger partial charge on any atom is -0.0227 e. The van der Waals surface area contributed by atoms with E-state index >= 15 is 0 Å². The van der Waals surface area contributed by atoms with Crippen molar-refractivity contribution >= 4 is 0 Å². The van der Waals surface area contributed by atoms with Gasteiger partial charge in [-0.3, -0.25) is 0 Å². The van der Waals surface area contributed by atoms with Gasteiger partial charge in [-0.2, -0.15) is 0 Å². The van der Waals surface area contributed by atoms with E-state index in [0.29, 0.717) is 5.92 Å². The van der Waals surface area contributed by atoms with Gasteiger partial charge >= 0.3 is 0 Å². The Morgan fingerprint density at radius 1 is 1.27 bits per heavy atom. The first-order valence-corrected chi connectivity index (χ1v) is 4.59. The fourth-order valence-electron chi connectivity index (χ4n) is 1.00. The van der Waals surface area contributed by atoms with Crippen molar-refractivity contribution in [2.45, 2.75) is 40.0 Å². The molecule has 0 rings (SSSR count). The number of hydrogen-bond donors (Lipinski definition) is 0. The Morgan fingerprint density at radius 2 is 2.00 bits per heavy atom. The van der Waals surface area contributed by atoms with Crippen LogP contribution in [0.25, 0.3) is 0 Å². The van der Waals surface area contributed by atoms with Gasteiger partial charge in [0.05, 0.1) is 0 Å². The van der Waals surface area contributed by atoms with Crippen molar-refractivity contribution in [2.75, 3.05) is 0 Å². The predicted molar refractivity (Wildman–Crippen MR) is 52.6 cm³/mol. The van der Waals surface area contributed by atoms with Gasteiger partial charge in [0.1, 0.15) is 0 Å². The maximum atomic E-state index is 2.29. The summed E-state index contributed by atoms with van der Waals surface area (Å²) in [6, 6.07) is 0. The van der Waals surface area contributed by atoms with E-state index in [9.17, 15) is 0 Å². The lowest BCUT2D eigenvalue weighted by Crippen LogP contribution is -1.84. The predicted octanol–water partition coefficient (Wildman–Crippen LogP) is 3.95. The molecule has 0 radical (unpaired) electrons. The standard InChI is InChI=1S/C11H20/c1-4-6-7-8-10-11(3)9-5-2/h5,7-9,11H,4,6,10H2,1-3H3/b8-7-,9-5+. The maximum absolute atomic E-state index is 2.29. The highest BCUT2D eigenvalue weighted by atomic mass is 14.0. The Balaban J connectivity index is 3.36. The summed E-state index contributed by atoms with van der Waals surface area (Å²) in [7, 11) is 0. The lowest BCUT2D eigenvalue weighted by Gasteiger charge is -1.98. The van der Waals surface area contributed by atoms with Crippen molar-refractivity contribution in [2.24, 2.45) is 5.92 Å². The van der Waals surface area contributed by atoms with E-state index < -0.39 is 0 Å². The number of hydrogen-bond acceptors (Lipinski definition) is 0. The second-order valence-corrected chi connectivity index (χ2v) is 3.00. The fourth-order valence-corrected chi connectivity index (χ4v) is 1.00. The van der Waals surface area contributed by atoms with Gasteiger partial charge in [-0.1, -0.05) is 44.6 Å². The molecule has 0 fully saturated rings. The van der Waals surface area contributed by atoms with Gasteiger partial charge in [0, 0.05) is 0 Å². The molecule has 0 spiro atoms. The Bertz CT molecular complexity index is 120. The number of allylic oxidation sites excluding steroid dienone is 4. The minimum atomic E-state index is 0.702. The third-order valence-electron chi connectivity index (χ3n) is 1.65. The molecule has 0 aromatic rings. The average molecular weight is 152 g/mol. The first kappa shape index (κ1) is 10.5. The smallest absolute Gasteiger partial charge is 0.0227 e. The molecule has 0 aliphatic rings. The molecule has 0 amide bonds. The summed E-state index contributed by atoms with van der Waals surface area (Å²) in [4.78, 5) is 0. The molecule has 1 unspecified atom stereocenters. The minimum absolute atomic E-state index is 0.702. The van der Waals surface area contributed by atoms with Gasteiger partial charge in [0.25, 0.3) is 0 Å². The molecule has 0 heteroatoms. The fraction of sp³-hybridized carbons (Fsp3) is 0.636. The summed E-state index contributed by atoms with van der Waals surface area (Å²) in [6.07, 6.45) is 12.6. The first-order chi connectivity index (χ1) is 5.31. The highest BCUT2D eigenvalue weighted by molar-refractivity contribution is 4.90. The topological polar surface area (TPSA) is 0 Å². The van der Waals surface area contributed by atoms with Crippen molar-refractivity contribution in [3.8, 4) is 0 Å². The molecule has 0 N–H and O–H groups in total. The van der Waals surface area contributed by atoms with E-state index in [0.717, 1.165) is 0 Å². The third kappa shape index (κ3) is 7.38. The zero-order valence-corrected chi connectivity index (χ0v) is 8.01. The molecule has 0 aliphatic carbocycles. The van der Waals surface area contributed by atoms with Gasteiger partial charge in [0.15, 0.2) is 0 Å². The van der Waals surface area contributed by atoms with Crippen LogP contribution in [0.4, 0.5) is 0 Å². The summed E-state index contributed by atoms with van der Waals surface area (Å²) in [6.45, 7) is 6.53. The third-order valence-corrected chi connectivity index (χ3v) is 1.65. The lowest BCUT2D eigenvalue weighted by atomic mass is 10.1. The van der Waals surface area contributed by atoms with Crippen LogP contribution in [0.5, 0.6) is 0 Å². The van der Waals surface area contributed by atoms with Crippen LogP contribution in [0.15, 0.2) is 24.3 Å². The SMILES string of the molecule is C/C=C/C(C)C/C=C\CCC. The van der Waals surface area contributed by atoms with E-state index in [1.165, 1.54) is 19.3 Å². The van der Waals surface area contributed by atoms with Crippen molar-refractivity contribution in [3.05, 3.63) is 24.3 Å². The van der Waals surface area contributed by atoms with Crippen LogP contribution in [0.3, 0.4) is 0 Å². The quantitative estimate of drug-likeness (QED) is 0.523. The molecule has 0 bridgehead atoms. The molecule has 0 heterocycles. The summed E-state index contributed by atoms with van der Waals surface area (Å²) in [5.74, 6) is 0.702. The van der Waals surface area contributed by atoms with Gasteiger partial charge in [-0.15, -0.1) is 0 Å². The molecular weight excluding hydrogens is 132 g/mol. The summed E-state index contributed by atoms with van der Waals surface area (Å²) in [5, 5.41) is 0. The molecular formula is C11H20. The van der Waals surface area contributed by atoms with E-state index in [1.807, 2.05) is 0 Å². The van der Waals surface area contributed by atoms with Crippen LogP contribution < -0.4 is 0 Å². The Hall–Kier alpha value is -0.520. The normalized spacial score (nSPS) is 14.8. The number of rotatable bonds is 5. The first-order valence-electron chi connectivity index (χ1n) is 4.59. The largest absolute Gasteiger partial charge is 0.0914 e. The van der Waals surface area contributed by atoms with Crippen molar-refractivity contribution < 1.29 is 0 Å². The second kappa shape index (κ2) is 7.59. The molecule has 0 aliphatic heterocycles. The summed E-state index contributed by atoms with van der Waals surface area (Å²) in [5.41, 5.74) is 0. The van der Waals surface area contributed by atoms with E-state index in [-0.39, 0.29) is 0 Å². The molecule has 11 heavy (non-hydrogen) atoms. The molecule has 0 saturated heterocycles. The zero-order chi connectivity index (χ0) is 8.53. The zero-order valence-electron chi connectivity index (χ0n) is 8.01. The van der Waals surface area contributed by atoms with Crippen LogP contribution in [-0.4, -0.2) is 0 Å². The Kier molecular flexibility index (Phi) is 7.23. The molecule has 1 atom stereocenters. The average Bonchev–Trinajstić information content (AvgIpc) is 1.99. The van der Waals surface area contributed by atoms with E-state index in [4.69, 9.17) is 0 Å². The van der Waals surface area contributed by atoms with Crippen LogP contribution >= 0.6 is 0 Å². The molecule has 0 saturated carbocycles. The van der Waals surface area contributed by atoms with Gasteiger partial charge in [-0.05, 0) is 25.7 Å². The second-order valence-electron chi connectivity index (χ2n) is 3.00.